The highest BCUT2D eigenvalue weighted by Gasteiger charge is 2.25. The molecule has 0 spiro atoms. The normalized spacial score (nSPS) is 13.9. The van der Waals surface area contributed by atoms with Crippen LogP contribution in [-0.2, 0) is 0 Å². The number of halogens is 3. The van der Waals surface area contributed by atoms with E-state index in [2.05, 4.69) is 20.0 Å². The molecule has 1 saturated heterocycles. The fourth-order valence-corrected chi connectivity index (χ4v) is 4.49. The van der Waals surface area contributed by atoms with Crippen molar-refractivity contribution < 1.29 is 13.2 Å². The first-order valence-electron chi connectivity index (χ1n) is 11.7. The first kappa shape index (κ1) is 22.8. The second kappa shape index (κ2) is 9.08. The van der Waals surface area contributed by atoms with Gasteiger partial charge in [0.2, 0.25) is 5.95 Å². The zero-order chi connectivity index (χ0) is 25.5. The van der Waals surface area contributed by atoms with E-state index < -0.39 is 17.5 Å². The number of nitrogen functional groups attached to an aromatic ring is 1. The third-order valence-electron chi connectivity index (χ3n) is 6.33. The highest BCUT2D eigenvalue weighted by Crippen LogP contribution is 2.34. The third-order valence-corrected chi connectivity index (χ3v) is 6.33. The maximum absolute atomic E-state index is 14.6. The Morgan fingerprint density at radius 1 is 0.784 bits per heavy atom. The van der Waals surface area contributed by atoms with Crippen molar-refractivity contribution in [3.63, 3.8) is 0 Å². The van der Waals surface area contributed by atoms with Crippen LogP contribution in [0.2, 0.25) is 0 Å². The summed E-state index contributed by atoms with van der Waals surface area (Å²) in [5, 5.41) is 4.73. The predicted molar refractivity (Wildman–Crippen MR) is 135 cm³/mol. The molecule has 3 aromatic heterocycles. The molecule has 2 N–H and O–H groups in total. The minimum Gasteiger partial charge on any atom is -0.383 e. The number of aromatic nitrogens is 5. The molecule has 1 aliphatic rings. The Labute approximate surface area is 209 Å². The first-order valence-corrected chi connectivity index (χ1v) is 11.7. The Morgan fingerprint density at radius 2 is 1.57 bits per heavy atom. The van der Waals surface area contributed by atoms with E-state index in [4.69, 9.17) is 10.7 Å². The van der Waals surface area contributed by atoms with E-state index in [1.54, 1.807) is 18.3 Å². The van der Waals surface area contributed by atoms with Crippen LogP contribution in [0.25, 0.3) is 28.0 Å². The van der Waals surface area contributed by atoms with E-state index in [0.717, 1.165) is 28.7 Å². The molecule has 186 valence electrons. The summed E-state index contributed by atoms with van der Waals surface area (Å²) in [7, 11) is 0. The molecule has 0 unspecified atom stereocenters. The van der Waals surface area contributed by atoms with Gasteiger partial charge in [-0.3, -0.25) is 0 Å². The van der Waals surface area contributed by atoms with Crippen molar-refractivity contribution in [3.8, 4) is 16.9 Å². The molecular formula is C26H21F3N8. The Balaban J connectivity index is 1.45. The lowest BCUT2D eigenvalue weighted by molar-refractivity contribution is 0.588. The lowest BCUT2D eigenvalue weighted by Crippen LogP contribution is -2.47. The largest absolute Gasteiger partial charge is 0.383 e. The summed E-state index contributed by atoms with van der Waals surface area (Å²) in [4.78, 5) is 18.0. The number of piperazine rings is 1. The van der Waals surface area contributed by atoms with Crippen LogP contribution in [-0.4, -0.2) is 50.9 Å². The Kier molecular flexibility index (Phi) is 5.59. The molecule has 0 aliphatic carbocycles. The number of hydrogen-bond donors (Lipinski definition) is 1. The third kappa shape index (κ3) is 4.18. The molecule has 0 atom stereocenters. The number of benzene rings is 2. The van der Waals surface area contributed by atoms with E-state index in [0.29, 0.717) is 48.8 Å². The molecule has 0 saturated carbocycles. The van der Waals surface area contributed by atoms with Crippen LogP contribution in [0.3, 0.4) is 0 Å². The van der Waals surface area contributed by atoms with Gasteiger partial charge in [-0.2, -0.15) is 4.98 Å². The summed E-state index contributed by atoms with van der Waals surface area (Å²) in [6.07, 6.45) is 1.76. The van der Waals surface area contributed by atoms with E-state index in [-0.39, 0.29) is 17.2 Å². The molecule has 0 radical (unpaired) electrons. The highest BCUT2D eigenvalue weighted by atomic mass is 19.1. The van der Waals surface area contributed by atoms with Gasteiger partial charge in [-0.1, -0.05) is 18.2 Å². The van der Waals surface area contributed by atoms with Crippen molar-refractivity contribution in [2.75, 3.05) is 41.7 Å². The standard InChI is InChI=1S/C26H21F3N8/c27-17-5-3-4-16(14-17)23-22-24(30)37(20-15-18(28)7-8-19(20)29)34-25(22)33-26(32-23)36-12-10-35(11-13-36)21-6-1-2-9-31-21/h1-9,14-15H,10-13,30H2. The van der Waals surface area contributed by atoms with Crippen molar-refractivity contribution in [1.29, 1.82) is 0 Å². The summed E-state index contributed by atoms with van der Waals surface area (Å²) in [6.45, 7) is 2.61. The minimum absolute atomic E-state index is 0.0188. The zero-order valence-corrected chi connectivity index (χ0v) is 19.5. The van der Waals surface area contributed by atoms with Gasteiger partial charge < -0.3 is 15.5 Å². The molecule has 37 heavy (non-hydrogen) atoms. The highest BCUT2D eigenvalue weighted by molar-refractivity contribution is 5.99. The number of fused-ring (bicyclic) bond motifs is 1. The number of nitrogens with two attached hydrogens (primary N) is 1. The fraction of sp³-hybridized carbons (Fsp3) is 0.154. The topological polar surface area (TPSA) is 89.0 Å². The Bertz CT molecular complexity index is 1600. The van der Waals surface area contributed by atoms with Crippen LogP contribution in [0, 0.1) is 17.5 Å². The number of nitrogens with zero attached hydrogens (tertiary/aromatic N) is 7. The summed E-state index contributed by atoms with van der Waals surface area (Å²) in [5.41, 5.74) is 7.24. The van der Waals surface area contributed by atoms with Gasteiger partial charge in [0, 0.05) is 44.0 Å². The van der Waals surface area contributed by atoms with Gasteiger partial charge in [0.15, 0.2) is 5.65 Å². The second-order valence-electron chi connectivity index (χ2n) is 8.64. The molecule has 11 heteroatoms. The van der Waals surface area contributed by atoms with Gasteiger partial charge in [0.05, 0.1) is 11.1 Å². The molecule has 2 aromatic carbocycles. The number of anilines is 3. The predicted octanol–water partition coefficient (Wildman–Crippen LogP) is 4.20. The molecule has 1 fully saturated rings. The molecule has 8 nitrogen and oxygen atoms in total. The van der Waals surface area contributed by atoms with Gasteiger partial charge in [-0.15, -0.1) is 5.10 Å². The van der Waals surface area contributed by atoms with Crippen molar-refractivity contribution in [2.45, 2.75) is 0 Å². The van der Waals surface area contributed by atoms with E-state index >= 15 is 0 Å². The molecule has 0 amide bonds. The molecular weight excluding hydrogens is 481 g/mol. The smallest absolute Gasteiger partial charge is 0.228 e. The Hall–Kier alpha value is -4.67. The number of pyridine rings is 1. The summed E-state index contributed by atoms with van der Waals surface area (Å²) in [5.74, 6) is -0.494. The maximum atomic E-state index is 14.6. The van der Waals surface area contributed by atoms with Crippen LogP contribution in [0.15, 0.2) is 66.9 Å². The van der Waals surface area contributed by atoms with Gasteiger partial charge in [0.25, 0.3) is 0 Å². The molecule has 4 heterocycles. The maximum Gasteiger partial charge on any atom is 0.228 e. The minimum atomic E-state index is -0.702. The lowest BCUT2D eigenvalue weighted by Gasteiger charge is -2.35. The second-order valence-corrected chi connectivity index (χ2v) is 8.64. The van der Waals surface area contributed by atoms with Gasteiger partial charge in [-0.05, 0) is 36.4 Å². The first-order chi connectivity index (χ1) is 18.0. The van der Waals surface area contributed by atoms with Gasteiger partial charge >= 0.3 is 0 Å². The van der Waals surface area contributed by atoms with Crippen molar-refractivity contribution in [2.24, 2.45) is 0 Å². The van der Waals surface area contributed by atoms with Crippen molar-refractivity contribution in [1.82, 2.24) is 24.7 Å². The molecule has 5 aromatic rings. The van der Waals surface area contributed by atoms with Crippen LogP contribution in [0.1, 0.15) is 0 Å². The average Bonchev–Trinajstić information content (AvgIpc) is 3.26. The Morgan fingerprint density at radius 3 is 2.32 bits per heavy atom. The van der Waals surface area contributed by atoms with Crippen molar-refractivity contribution in [3.05, 3.63) is 84.3 Å². The molecule has 0 bridgehead atoms. The van der Waals surface area contributed by atoms with E-state index in [1.807, 2.05) is 23.1 Å². The fourth-order valence-electron chi connectivity index (χ4n) is 4.49. The molecule has 6 rings (SSSR count). The van der Waals surface area contributed by atoms with E-state index in [9.17, 15) is 13.2 Å². The SMILES string of the molecule is Nc1c2c(-c3cccc(F)c3)nc(N3CCN(c4ccccn4)CC3)nc2nn1-c1cc(F)ccc1F. The zero-order valence-electron chi connectivity index (χ0n) is 19.5. The number of hydrogen-bond acceptors (Lipinski definition) is 7. The van der Waals surface area contributed by atoms with Crippen LogP contribution in [0.4, 0.5) is 30.8 Å². The average molecular weight is 503 g/mol. The van der Waals surface area contributed by atoms with Crippen LogP contribution >= 0.6 is 0 Å². The summed E-state index contributed by atoms with van der Waals surface area (Å²) < 4.78 is 43.8. The monoisotopic (exact) mass is 502 g/mol. The van der Waals surface area contributed by atoms with E-state index in [1.165, 1.54) is 12.1 Å². The summed E-state index contributed by atoms with van der Waals surface area (Å²) in [6, 6.07) is 14.7. The quantitative estimate of drug-likeness (QED) is 0.394. The number of rotatable bonds is 4. The van der Waals surface area contributed by atoms with Crippen LogP contribution in [0.5, 0.6) is 0 Å². The van der Waals surface area contributed by atoms with Gasteiger partial charge in [-0.25, -0.2) is 27.8 Å². The van der Waals surface area contributed by atoms with Crippen LogP contribution < -0.4 is 15.5 Å². The lowest BCUT2D eigenvalue weighted by atomic mass is 10.1. The summed E-state index contributed by atoms with van der Waals surface area (Å²) >= 11 is 0. The van der Waals surface area contributed by atoms with Gasteiger partial charge in [0.1, 0.15) is 34.8 Å². The molecule has 1 aliphatic heterocycles. The van der Waals surface area contributed by atoms with Crippen molar-refractivity contribution >= 4 is 28.6 Å².